The fourth-order valence-corrected chi connectivity index (χ4v) is 2.12. The van der Waals surface area contributed by atoms with E-state index in [2.05, 4.69) is 16.7 Å². The molecule has 0 aromatic heterocycles. The van der Waals surface area contributed by atoms with Gasteiger partial charge in [-0.3, -0.25) is 4.79 Å². The lowest BCUT2D eigenvalue weighted by Crippen LogP contribution is -2.49. The van der Waals surface area contributed by atoms with Gasteiger partial charge in [-0.1, -0.05) is 6.07 Å². The molecule has 0 saturated carbocycles. The summed E-state index contributed by atoms with van der Waals surface area (Å²) in [5.41, 5.74) is 0.740. The quantitative estimate of drug-likeness (QED) is 0.671. The van der Waals surface area contributed by atoms with Crippen molar-refractivity contribution in [3.8, 4) is 17.6 Å². The van der Waals surface area contributed by atoms with Gasteiger partial charge >= 0.3 is 0 Å². The molecule has 0 saturated heterocycles. The maximum absolute atomic E-state index is 12.1. The van der Waals surface area contributed by atoms with Crippen LogP contribution in [0.15, 0.2) is 18.2 Å². The van der Waals surface area contributed by atoms with Crippen molar-refractivity contribution < 1.29 is 14.3 Å². The Labute approximate surface area is 150 Å². The van der Waals surface area contributed by atoms with Gasteiger partial charge in [0.25, 0.3) is 0 Å². The van der Waals surface area contributed by atoms with Crippen molar-refractivity contribution in [2.45, 2.75) is 58.7 Å². The van der Waals surface area contributed by atoms with Gasteiger partial charge in [-0.05, 0) is 51.8 Å². The van der Waals surface area contributed by atoms with Crippen LogP contribution in [0.5, 0.6) is 11.5 Å². The van der Waals surface area contributed by atoms with Crippen LogP contribution >= 0.6 is 0 Å². The second-order valence-corrected chi connectivity index (χ2v) is 6.94. The normalized spacial score (nSPS) is 12.2. The van der Waals surface area contributed by atoms with Crippen LogP contribution in [0.4, 0.5) is 0 Å². The molecule has 0 spiro atoms. The van der Waals surface area contributed by atoms with E-state index in [1.807, 2.05) is 45.9 Å². The molecule has 2 N–H and O–H groups in total. The third-order valence-corrected chi connectivity index (χ3v) is 3.42. The Morgan fingerprint density at radius 2 is 2.04 bits per heavy atom. The molecular formula is C19H29N3O3. The highest BCUT2D eigenvalue weighted by molar-refractivity contribution is 5.81. The largest absolute Gasteiger partial charge is 0.493 e. The van der Waals surface area contributed by atoms with Gasteiger partial charge in [0, 0.05) is 18.5 Å². The third kappa shape index (κ3) is 7.90. The number of nitrogens with one attached hydrogen (secondary N) is 2. The van der Waals surface area contributed by atoms with Gasteiger partial charge in [-0.15, -0.1) is 0 Å². The number of nitrogens with zero attached hydrogens (tertiary/aromatic N) is 1. The van der Waals surface area contributed by atoms with Crippen LogP contribution in [0.25, 0.3) is 0 Å². The lowest BCUT2D eigenvalue weighted by Gasteiger charge is -2.23. The highest BCUT2D eigenvalue weighted by atomic mass is 16.5. The van der Waals surface area contributed by atoms with E-state index in [1.165, 1.54) is 0 Å². The molecule has 0 radical (unpaired) electrons. The summed E-state index contributed by atoms with van der Waals surface area (Å²) in [6.07, 6.45) is 1.14. The minimum Gasteiger partial charge on any atom is -0.493 e. The second kappa shape index (κ2) is 9.90. The van der Waals surface area contributed by atoms with Crippen LogP contribution in [0.3, 0.4) is 0 Å². The SMILES string of the molecule is COc1ccc(CNC(C)C(=O)NC(C)(C)C)cc1OCCCC#N. The molecule has 25 heavy (non-hydrogen) atoms. The van der Waals surface area contributed by atoms with E-state index in [9.17, 15) is 4.79 Å². The molecule has 0 aliphatic rings. The van der Waals surface area contributed by atoms with E-state index in [1.54, 1.807) is 7.11 Å². The summed E-state index contributed by atoms with van der Waals surface area (Å²) in [5, 5.41) is 14.7. The number of unbranched alkanes of at least 4 members (excludes halogenated alkanes) is 1. The summed E-state index contributed by atoms with van der Waals surface area (Å²) in [5.74, 6) is 1.26. The van der Waals surface area contributed by atoms with Crippen LogP contribution < -0.4 is 20.1 Å². The lowest BCUT2D eigenvalue weighted by molar-refractivity contribution is -0.124. The average Bonchev–Trinajstić information content (AvgIpc) is 2.55. The van der Waals surface area contributed by atoms with Crippen molar-refractivity contribution in [2.24, 2.45) is 0 Å². The first-order valence-electron chi connectivity index (χ1n) is 8.49. The zero-order chi connectivity index (χ0) is 18.9. The molecule has 0 bridgehead atoms. The molecule has 6 heteroatoms. The Hall–Kier alpha value is -2.26. The minimum atomic E-state index is -0.304. The van der Waals surface area contributed by atoms with Crippen LogP contribution in [0, 0.1) is 11.3 Å². The number of ether oxygens (including phenoxy) is 2. The number of hydrogen-bond acceptors (Lipinski definition) is 5. The van der Waals surface area contributed by atoms with E-state index in [-0.39, 0.29) is 17.5 Å². The summed E-state index contributed by atoms with van der Waals surface area (Å²) in [7, 11) is 1.59. The molecule has 1 rings (SSSR count). The number of carbonyl (C=O) groups is 1. The Bertz CT molecular complexity index is 603. The maximum atomic E-state index is 12.1. The van der Waals surface area contributed by atoms with Gasteiger partial charge in [0.2, 0.25) is 5.91 Å². The van der Waals surface area contributed by atoms with Crippen LogP contribution in [-0.4, -0.2) is 31.2 Å². The molecule has 1 unspecified atom stereocenters. The summed E-state index contributed by atoms with van der Waals surface area (Å²) >= 11 is 0. The van der Waals surface area contributed by atoms with Gasteiger partial charge < -0.3 is 20.1 Å². The second-order valence-electron chi connectivity index (χ2n) is 6.94. The van der Waals surface area contributed by atoms with E-state index >= 15 is 0 Å². The Balaban J connectivity index is 2.63. The summed E-state index contributed by atoms with van der Waals surface area (Å²) < 4.78 is 11.0. The van der Waals surface area contributed by atoms with Crippen LogP contribution in [0.2, 0.25) is 0 Å². The number of rotatable bonds is 9. The zero-order valence-corrected chi connectivity index (χ0v) is 15.8. The van der Waals surface area contributed by atoms with Gasteiger partial charge in [-0.2, -0.15) is 5.26 Å². The molecule has 0 fully saturated rings. The van der Waals surface area contributed by atoms with Crippen molar-refractivity contribution in [3.63, 3.8) is 0 Å². The average molecular weight is 347 g/mol. The molecule has 0 heterocycles. The fraction of sp³-hybridized carbons (Fsp3) is 0.579. The maximum Gasteiger partial charge on any atom is 0.237 e. The number of hydrogen-bond donors (Lipinski definition) is 2. The standard InChI is InChI=1S/C19H29N3O3/c1-14(18(23)22-19(2,3)4)21-13-15-8-9-16(24-5)17(12-15)25-11-7-6-10-20/h8-9,12,14,21H,6-7,11,13H2,1-5H3,(H,22,23). The first kappa shape index (κ1) is 20.8. The molecular weight excluding hydrogens is 318 g/mol. The Morgan fingerprint density at radius 3 is 2.64 bits per heavy atom. The summed E-state index contributed by atoms with van der Waals surface area (Å²) in [6, 6.07) is 7.46. The first-order valence-corrected chi connectivity index (χ1v) is 8.49. The molecule has 138 valence electrons. The third-order valence-electron chi connectivity index (χ3n) is 3.42. The highest BCUT2D eigenvalue weighted by Gasteiger charge is 2.18. The topological polar surface area (TPSA) is 83.4 Å². The van der Waals surface area contributed by atoms with Gasteiger partial charge in [0.15, 0.2) is 11.5 Å². The monoisotopic (exact) mass is 347 g/mol. The Morgan fingerprint density at radius 1 is 1.32 bits per heavy atom. The zero-order valence-electron chi connectivity index (χ0n) is 15.8. The molecule has 1 aromatic rings. The van der Waals surface area contributed by atoms with E-state index in [0.29, 0.717) is 37.5 Å². The predicted molar refractivity (Wildman–Crippen MR) is 97.5 cm³/mol. The van der Waals surface area contributed by atoms with Crippen molar-refractivity contribution in [2.75, 3.05) is 13.7 Å². The number of benzene rings is 1. The van der Waals surface area contributed by atoms with Gasteiger partial charge in [0.05, 0.1) is 25.8 Å². The smallest absolute Gasteiger partial charge is 0.237 e. The minimum absolute atomic E-state index is 0.0333. The lowest BCUT2D eigenvalue weighted by atomic mass is 10.1. The van der Waals surface area contributed by atoms with Crippen molar-refractivity contribution >= 4 is 5.91 Å². The van der Waals surface area contributed by atoms with Crippen molar-refractivity contribution in [1.82, 2.24) is 10.6 Å². The number of amides is 1. The summed E-state index contributed by atoms with van der Waals surface area (Å²) in [4.78, 5) is 12.1. The molecule has 0 aliphatic carbocycles. The number of carbonyl (C=O) groups excluding carboxylic acids is 1. The van der Waals surface area contributed by atoms with Crippen LogP contribution in [0.1, 0.15) is 46.1 Å². The molecule has 1 amide bonds. The molecule has 1 aromatic carbocycles. The van der Waals surface area contributed by atoms with E-state index in [4.69, 9.17) is 14.7 Å². The van der Waals surface area contributed by atoms with E-state index < -0.39 is 0 Å². The van der Waals surface area contributed by atoms with Gasteiger partial charge in [0.1, 0.15) is 0 Å². The Kier molecular flexibility index (Phi) is 8.23. The molecule has 0 aliphatic heterocycles. The summed E-state index contributed by atoms with van der Waals surface area (Å²) in [6.45, 7) is 8.71. The highest BCUT2D eigenvalue weighted by Crippen LogP contribution is 2.28. The van der Waals surface area contributed by atoms with Crippen molar-refractivity contribution in [3.05, 3.63) is 23.8 Å². The van der Waals surface area contributed by atoms with Crippen molar-refractivity contribution in [1.29, 1.82) is 5.26 Å². The first-order chi connectivity index (χ1) is 11.8. The van der Waals surface area contributed by atoms with E-state index in [0.717, 1.165) is 5.56 Å². The molecule has 6 nitrogen and oxygen atoms in total. The fourth-order valence-electron chi connectivity index (χ4n) is 2.12. The number of nitriles is 1. The molecule has 1 atom stereocenters. The number of methoxy groups -OCH3 is 1. The van der Waals surface area contributed by atoms with Gasteiger partial charge in [-0.25, -0.2) is 0 Å². The predicted octanol–water partition coefficient (Wildman–Crippen LogP) is 2.77. The van der Waals surface area contributed by atoms with Crippen LogP contribution in [-0.2, 0) is 11.3 Å².